The van der Waals surface area contributed by atoms with Gasteiger partial charge in [0.1, 0.15) is 5.76 Å². The second-order valence-electron chi connectivity index (χ2n) is 2.73. The minimum absolute atomic E-state index is 0.151. The van der Waals surface area contributed by atoms with Crippen LogP contribution in [-0.4, -0.2) is 11.1 Å². The Balaban J connectivity index is 3.19. The second kappa shape index (κ2) is 5.05. The number of hydrogen-bond acceptors (Lipinski definition) is 3. The zero-order valence-corrected chi connectivity index (χ0v) is 8.40. The molecule has 0 bridgehead atoms. The predicted octanol–water partition coefficient (Wildman–Crippen LogP) is 2.65. The van der Waals surface area contributed by atoms with Gasteiger partial charge in [-0.15, -0.1) is 0 Å². The average molecular weight is 208 g/mol. The molecule has 4 heteroatoms. The number of furan rings is 1. The first-order valence-electron chi connectivity index (χ1n) is 4.48. The highest BCUT2D eigenvalue weighted by Gasteiger charge is 2.17. The van der Waals surface area contributed by atoms with Crippen molar-refractivity contribution in [2.75, 3.05) is 0 Å². The van der Waals surface area contributed by atoms with Gasteiger partial charge in [-0.25, -0.2) is 4.79 Å². The van der Waals surface area contributed by atoms with E-state index < -0.39 is 5.97 Å². The second-order valence-corrected chi connectivity index (χ2v) is 2.73. The van der Waals surface area contributed by atoms with Crippen LogP contribution in [0, 0.1) is 0 Å². The Hall–Kier alpha value is -1.97. The van der Waals surface area contributed by atoms with Crippen molar-refractivity contribution in [1.82, 2.24) is 0 Å². The van der Waals surface area contributed by atoms with E-state index in [4.69, 9.17) is 14.3 Å². The normalized spacial score (nSPS) is 11.8. The number of hydrogen-bond donors (Lipinski definition) is 1. The Kier molecular flexibility index (Phi) is 3.74. The van der Waals surface area contributed by atoms with Gasteiger partial charge in [-0.05, 0) is 18.6 Å². The molecule has 0 aliphatic heterocycles. The number of allylic oxidation sites excluding steroid dienone is 1. The Labute approximate surface area is 87.5 Å². The van der Waals surface area contributed by atoms with Crippen molar-refractivity contribution in [3.05, 3.63) is 42.8 Å². The Morgan fingerprint density at radius 3 is 2.87 bits per heavy atom. The quantitative estimate of drug-likeness (QED) is 0.597. The Morgan fingerprint density at radius 2 is 2.47 bits per heavy atom. The van der Waals surface area contributed by atoms with Gasteiger partial charge < -0.3 is 14.3 Å². The van der Waals surface area contributed by atoms with E-state index in [-0.39, 0.29) is 5.76 Å². The van der Waals surface area contributed by atoms with Crippen LogP contribution in [0.3, 0.4) is 0 Å². The zero-order valence-electron chi connectivity index (χ0n) is 8.40. The molecule has 80 valence electrons. The number of aliphatic carboxylic acids is 1. The van der Waals surface area contributed by atoms with Gasteiger partial charge in [0, 0.05) is 5.57 Å². The van der Waals surface area contributed by atoms with Gasteiger partial charge in [0.05, 0.1) is 12.5 Å². The maximum Gasteiger partial charge on any atom is 0.372 e. The topological polar surface area (TPSA) is 59.7 Å². The van der Waals surface area contributed by atoms with E-state index in [9.17, 15) is 4.79 Å². The van der Waals surface area contributed by atoms with E-state index in [2.05, 4.69) is 6.58 Å². The molecule has 0 aliphatic carbocycles. The Morgan fingerprint density at radius 1 is 1.73 bits per heavy atom. The van der Waals surface area contributed by atoms with E-state index in [0.29, 0.717) is 17.8 Å². The monoisotopic (exact) mass is 208 g/mol. The highest BCUT2D eigenvalue weighted by atomic mass is 16.5. The first-order valence-corrected chi connectivity index (χ1v) is 4.48. The van der Waals surface area contributed by atoms with Crippen LogP contribution < -0.4 is 0 Å². The van der Waals surface area contributed by atoms with E-state index in [1.54, 1.807) is 12.1 Å². The van der Waals surface area contributed by atoms with Gasteiger partial charge >= 0.3 is 5.97 Å². The highest BCUT2D eigenvalue weighted by molar-refractivity contribution is 5.93. The SMILES string of the molecule is C=CO/C(C(=O)O)=C(\CC)c1ccco1. The number of carboxylic acid groups (broad SMARTS) is 1. The van der Waals surface area contributed by atoms with E-state index in [0.717, 1.165) is 6.26 Å². The van der Waals surface area contributed by atoms with Crippen molar-refractivity contribution in [2.45, 2.75) is 13.3 Å². The molecule has 0 radical (unpaired) electrons. The fraction of sp³-hybridized carbons (Fsp3) is 0.182. The molecule has 0 unspecified atom stereocenters. The minimum atomic E-state index is -1.14. The third kappa shape index (κ3) is 2.49. The summed E-state index contributed by atoms with van der Waals surface area (Å²) in [4.78, 5) is 10.9. The smallest absolute Gasteiger partial charge is 0.372 e. The molecule has 0 aliphatic rings. The lowest BCUT2D eigenvalue weighted by Gasteiger charge is -2.06. The maximum absolute atomic E-state index is 10.9. The molecule has 0 amide bonds. The van der Waals surface area contributed by atoms with Crippen LogP contribution in [0.1, 0.15) is 19.1 Å². The van der Waals surface area contributed by atoms with Gasteiger partial charge in [0.15, 0.2) is 0 Å². The van der Waals surface area contributed by atoms with Crippen molar-refractivity contribution in [2.24, 2.45) is 0 Å². The van der Waals surface area contributed by atoms with Gasteiger partial charge in [-0.1, -0.05) is 13.5 Å². The van der Waals surface area contributed by atoms with Crippen molar-refractivity contribution in [3.63, 3.8) is 0 Å². The van der Waals surface area contributed by atoms with Gasteiger partial charge in [-0.3, -0.25) is 0 Å². The molecule has 1 aromatic heterocycles. The fourth-order valence-corrected chi connectivity index (χ4v) is 1.23. The average Bonchev–Trinajstić information content (AvgIpc) is 2.71. The molecule has 0 saturated carbocycles. The molecular weight excluding hydrogens is 196 g/mol. The van der Waals surface area contributed by atoms with E-state index >= 15 is 0 Å². The summed E-state index contributed by atoms with van der Waals surface area (Å²) in [5, 5.41) is 8.93. The predicted molar refractivity (Wildman–Crippen MR) is 54.8 cm³/mol. The third-order valence-electron chi connectivity index (χ3n) is 1.84. The zero-order chi connectivity index (χ0) is 11.3. The Bertz CT molecular complexity index is 373. The molecule has 0 saturated heterocycles. The van der Waals surface area contributed by atoms with Gasteiger partial charge in [-0.2, -0.15) is 0 Å². The fourth-order valence-electron chi connectivity index (χ4n) is 1.23. The summed E-state index contributed by atoms with van der Waals surface area (Å²) in [6.07, 6.45) is 3.07. The molecular formula is C11H12O4. The molecule has 1 heterocycles. The summed E-state index contributed by atoms with van der Waals surface area (Å²) in [7, 11) is 0. The van der Waals surface area contributed by atoms with Crippen molar-refractivity contribution >= 4 is 11.5 Å². The molecule has 1 rings (SSSR count). The molecule has 1 aromatic rings. The first kappa shape index (κ1) is 11.1. The molecule has 0 aromatic carbocycles. The number of rotatable bonds is 5. The molecule has 15 heavy (non-hydrogen) atoms. The maximum atomic E-state index is 10.9. The lowest BCUT2D eigenvalue weighted by molar-refractivity contribution is -0.135. The number of carbonyl (C=O) groups is 1. The molecule has 4 nitrogen and oxygen atoms in total. The lowest BCUT2D eigenvalue weighted by atomic mass is 10.1. The van der Waals surface area contributed by atoms with Crippen molar-refractivity contribution in [1.29, 1.82) is 0 Å². The standard InChI is InChI=1S/C11H12O4/c1-3-8(9-6-5-7-15-9)10(11(12)13)14-4-2/h4-7H,2-3H2,1H3,(H,12,13)/b10-8+. The van der Waals surface area contributed by atoms with Crippen molar-refractivity contribution < 1.29 is 19.1 Å². The molecule has 0 spiro atoms. The molecule has 0 atom stereocenters. The van der Waals surface area contributed by atoms with Crippen LogP contribution in [0.4, 0.5) is 0 Å². The first-order chi connectivity index (χ1) is 7.20. The summed E-state index contributed by atoms with van der Waals surface area (Å²) < 4.78 is 9.99. The van der Waals surface area contributed by atoms with Crippen LogP contribution in [-0.2, 0) is 9.53 Å². The van der Waals surface area contributed by atoms with Crippen molar-refractivity contribution in [3.8, 4) is 0 Å². The molecule has 1 N–H and O–H groups in total. The largest absolute Gasteiger partial charge is 0.475 e. The number of carboxylic acids is 1. The summed E-state index contributed by atoms with van der Waals surface area (Å²) in [5.41, 5.74) is 0.507. The lowest BCUT2D eigenvalue weighted by Crippen LogP contribution is -2.05. The third-order valence-corrected chi connectivity index (χ3v) is 1.84. The minimum Gasteiger partial charge on any atom is -0.475 e. The summed E-state index contributed by atoms with van der Waals surface area (Å²) in [6.45, 7) is 5.16. The molecule has 0 fully saturated rings. The van der Waals surface area contributed by atoms with Crippen LogP contribution in [0.15, 0.2) is 41.4 Å². The van der Waals surface area contributed by atoms with Gasteiger partial charge in [0.25, 0.3) is 0 Å². The summed E-state index contributed by atoms with van der Waals surface area (Å²) in [6, 6.07) is 3.38. The highest BCUT2D eigenvalue weighted by Crippen LogP contribution is 2.23. The van der Waals surface area contributed by atoms with Gasteiger partial charge in [0.2, 0.25) is 5.76 Å². The van der Waals surface area contributed by atoms with Crippen LogP contribution in [0.2, 0.25) is 0 Å². The number of ether oxygens (including phenoxy) is 1. The summed E-state index contributed by atoms with van der Waals surface area (Å²) >= 11 is 0. The van der Waals surface area contributed by atoms with Crippen LogP contribution >= 0.6 is 0 Å². The van der Waals surface area contributed by atoms with E-state index in [1.807, 2.05) is 6.92 Å². The van der Waals surface area contributed by atoms with Crippen LogP contribution in [0.5, 0.6) is 0 Å². The summed E-state index contributed by atoms with van der Waals surface area (Å²) in [5.74, 6) is -0.789. The van der Waals surface area contributed by atoms with Crippen LogP contribution in [0.25, 0.3) is 5.57 Å². The van der Waals surface area contributed by atoms with E-state index in [1.165, 1.54) is 6.26 Å².